The van der Waals surface area contributed by atoms with Gasteiger partial charge in [0.25, 0.3) is 0 Å². The Morgan fingerprint density at radius 2 is 1.72 bits per heavy atom. The maximum absolute atomic E-state index is 3.86. The fraction of sp³-hybridized carbons (Fsp3) is 0.647. The second-order valence-electron chi connectivity index (χ2n) is 5.99. The van der Waals surface area contributed by atoms with Gasteiger partial charge in [-0.05, 0) is 50.5 Å². The van der Waals surface area contributed by atoms with Crippen molar-refractivity contribution >= 4 is 0 Å². The van der Waals surface area contributed by atoms with Crippen molar-refractivity contribution in [1.82, 2.24) is 5.32 Å². The van der Waals surface area contributed by atoms with Gasteiger partial charge in [-0.1, -0.05) is 43.7 Å². The van der Waals surface area contributed by atoms with E-state index in [0.717, 1.165) is 12.0 Å². The van der Waals surface area contributed by atoms with Crippen LogP contribution in [-0.2, 0) is 0 Å². The Bertz CT molecular complexity index is 346. The molecule has 1 saturated carbocycles. The van der Waals surface area contributed by atoms with E-state index in [1.165, 1.54) is 43.2 Å². The topological polar surface area (TPSA) is 12.0 Å². The third kappa shape index (κ3) is 3.58. The molecule has 1 heteroatoms. The molecule has 1 aliphatic carbocycles. The molecule has 0 saturated heterocycles. The number of aryl methyl sites for hydroxylation is 1. The monoisotopic (exact) mass is 245 g/mol. The van der Waals surface area contributed by atoms with E-state index >= 15 is 0 Å². The molecule has 0 spiro atoms. The van der Waals surface area contributed by atoms with Crippen LogP contribution in [0.25, 0.3) is 0 Å². The van der Waals surface area contributed by atoms with Crippen LogP contribution >= 0.6 is 0 Å². The molecule has 0 aliphatic heterocycles. The molecule has 2 rings (SSSR count). The quantitative estimate of drug-likeness (QED) is 0.816. The van der Waals surface area contributed by atoms with E-state index < -0.39 is 0 Å². The van der Waals surface area contributed by atoms with Gasteiger partial charge in [0.15, 0.2) is 0 Å². The Kier molecular flexibility index (Phi) is 4.82. The van der Waals surface area contributed by atoms with Crippen molar-refractivity contribution in [2.75, 3.05) is 0 Å². The standard InChI is InChI=1S/C17H27N/c1-4-17(15-9-5-13(2)6-10-15)18-16-11-7-14(3)8-12-16/h5-6,9-10,14,16-18H,4,7-8,11-12H2,1-3H3. The van der Waals surface area contributed by atoms with Gasteiger partial charge in [-0.3, -0.25) is 0 Å². The van der Waals surface area contributed by atoms with Crippen LogP contribution in [0.2, 0.25) is 0 Å². The van der Waals surface area contributed by atoms with Gasteiger partial charge in [-0.15, -0.1) is 0 Å². The Morgan fingerprint density at radius 3 is 2.28 bits per heavy atom. The van der Waals surface area contributed by atoms with Crippen molar-refractivity contribution in [1.29, 1.82) is 0 Å². The van der Waals surface area contributed by atoms with Crippen LogP contribution in [-0.4, -0.2) is 6.04 Å². The maximum Gasteiger partial charge on any atom is 0.0320 e. The summed E-state index contributed by atoms with van der Waals surface area (Å²) in [7, 11) is 0. The van der Waals surface area contributed by atoms with Crippen LogP contribution < -0.4 is 5.32 Å². The Labute approximate surface area is 112 Å². The van der Waals surface area contributed by atoms with Crippen molar-refractivity contribution in [3.8, 4) is 0 Å². The smallest absolute Gasteiger partial charge is 0.0320 e. The fourth-order valence-electron chi connectivity index (χ4n) is 2.96. The van der Waals surface area contributed by atoms with Crippen LogP contribution in [0.1, 0.15) is 63.1 Å². The lowest BCUT2D eigenvalue weighted by Gasteiger charge is -2.31. The van der Waals surface area contributed by atoms with Crippen LogP contribution in [0.3, 0.4) is 0 Å². The van der Waals surface area contributed by atoms with Gasteiger partial charge in [-0.2, -0.15) is 0 Å². The number of benzene rings is 1. The predicted molar refractivity (Wildman–Crippen MR) is 78.8 cm³/mol. The first-order valence-electron chi connectivity index (χ1n) is 7.51. The summed E-state index contributed by atoms with van der Waals surface area (Å²) in [6.45, 7) is 6.82. The molecule has 100 valence electrons. The summed E-state index contributed by atoms with van der Waals surface area (Å²) in [6.07, 6.45) is 6.66. The normalized spacial score (nSPS) is 25.9. The summed E-state index contributed by atoms with van der Waals surface area (Å²) in [6, 6.07) is 10.3. The van der Waals surface area contributed by atoms with Gasteiger partial charge in [0.05, 0.1) is 0 Å². The fourth-order valence-corrected chi connectivity index (χ4v) is 2.96. The van der Waals surface area contributed by atoms with E-state index in [2.05, 4.69) is 50.4 Å². The van der Waals surface area contributed by atoms with Gasteiger partial charge in [0.2, 0.25) is 0 Å². The van der Waals surface area contributed by atoms with E-state index in [-0.39, 0.29) is 0 Å². The zero-order valence-corrected chi connectivity index (χ0v) is 12.1. The minimum atomic E-state index is 0.531. The summed E-state index contributed by atoms with van der Waals surface area (Å²) in [5.74, 6) is 0.933. The summed E-state index contributed by atoms with van der Waals surface area (Å²) >= 11 is 0. The van der Waals surface area contributed by atoms with E-state index in [1.54, 1.807) is 0 Å². The van der Waals surface area contributed by atoms with Gasteiger partial charge >= 0.3 is 0 Å². The average molecular weight is 245 g/mol. The van der Waals surface area contributed by atoms with E-state index in [0.29, 0.717) is 6.04 Å². The molecule has 0 bridgehead atoms. The van der Waals surface area contributed by atoms with Crippen LogP contribution in [0, 0.1) is 12.8 Å². The summed E-state index contributed by atoms with van der Waals surface area (Å²) in [5.41, 5.74) is 2.79. The third-order valence-corrected chi connectivity index (χ3v) is 4.34. The highest BCUT2D eigenvalue weighted by atomic mass is 14.9. The molecule has 1 fully saturated rings. The average Bonchev–Trinajstić information content (AvgIpc) is 2.39. The summed E-state index contributed by atoms with van der Waals surface area (Å²) in [4.78, 5) is 0. The first kappa shape index (κ1) is 13.6. The Hall–Kier alpha value is -0.820. The Morgan fingerprint density at radius 1 is 1.11 bits per heavy atom. The van der Waals surface area contributed by atoms with Crippen molar-refractivity contribution in [2.24, 2.45) is 5.92 Å². The molecular weight excluding hydrogens is 218 g/mol. The van der Waals surface area contributed by atoms with Crippen LogP contribution in [0.15, 0.2) is 24.3 Å². The SMILES string of the molecule is CCC(NC1CCC(C)CC1)c1ccc(C)cc1. The highest BCUT2D eigenvalue weighted by molar-refractivity contribution is 5.24. The second kappa shape index (κ2) is 6.38. The van der Waals surface area contributed by atoms with E-state index in [4.69, 9.17) is 0 Å². The Balaban J connectivity index is 1.94. The van der Waals surface area contributed by atoms with Crippen molar-refractivity contribution in [2.45, 2.75) is 65.0 Å². The molecule has 0 amide bonds. The first-order valence-corrected chi connectivity index (χ1v) is 7.51. The molecule has 0 radical (unpaired) electrons. The van der Waals surface area contributed by atoms with Crippen LogP contribution in [0.4, 0.5) is 0 Å². The molecule has 1 atom stereocenters. The largest absolute Gasteiger partial charge is 0.307 e. The molecule has 0 aromatic heterocycles. The minimum Gasteiger partial charge on any atom is -0.307 e. The van der Waals surface area contributed by atoms with Gasteiger partial charge < -0.3 is 5.32 Å². The summed E-state index contributed by atoms with van der Waals surface area (Å²) < 4.78 is 0. The van der Waals surface area contributed by atoms with Gasteiger partial charge in [0.1, 0.15) is 0 Å². The molecule has 1 aromatic carbocycles. The second-order valence-corrected chi connectivity index (χ2v) is 5.99. The maximum atomic E-state index is 3.86. The van der Waals surface area contributed by atoms with Gasteiger partial charge in [-0.25, -0.2) is 0 Å². The zero-order valence-electron chi connectivity index (χ0n) is 12.1. The lowest BCUT2D eigenvalue weighted by molar-refractivity contribution is 0.284. The molecule has 1 aliphatic rings. The highest BCUT2D eigenvalue weighted by Gasteiger charge is 2.20. The minimum absolute atomic E-state index is 0.531. The molecule has 1 N–H and O–H groups in total. The lowest BCUT2D eigenvalue weighted by atomic mass is 9.86. The summed E-state index contributed by atoms with van der Waals surface area (Å²) in [5, 5.41) is 3.86. The van der Waals surface area contributed by atoms with Crippen molar-refractivity contribution < 1.29 is 0 Å². The van der Waals surface area contributed by atoms with E-state index in [1.807, 2.05) is 0 Å². The lowest BCUT2D eigenvalue weighted by Crippen LogP contribution is -2.35. The molecule has 1 aromatic rings. The van der Waals surface area contributed by atoms with E-state index in [9.17, 15) is 0 Å². The first-order chi connectivity index (χ1) is 8.69. The van der Waals surface area contributed by atoms with Crippen molar-refractivity contribution in [3.63, 3.8) is 0 Å². The number of hydrogen-bond acceptors (Lipinski definition) is 1. The zero-order chi connectivity index (χ0) is 13.0. The molecule has 1 unspecified atom stereocenters. The number of rotatable bonds is 4. The number of hydrogen-bond donors (Lipinski definition) is 1. The molecular formula is C17H27N. The predicted octanol–water partition coefficient (Wildman–Crippen LogP) is 4.61. The number of nitrogens with one attached hydrogen (secondary N) is 1. The van der Waals surface area contributed by atoms with Gasteiger partial charge in [0, 0.05) is 12.1 Å². The molecule has 1 nitrogen and oxygen atoms in total. The molecule has 18 heavy (non-hydrogen) atoms. The third-order valence-electron chi connectivity index (χ3n) is 4.34. The molecule has 0 heterocycles. The van der Waals surface area contributed by atoms with Crippen molar-refractivity contribution in [3.05, 3.63) is 35.4 Å². The highest BCUT2D eigenvalue weighted by Crippen LogP contribution is 2.26. The van der Waals surface area contributed by atoms with Crippen LogP contribution in [0.5, 0.6) is 0 Å².